The Bertz CT molecular complexity index is 1060. The Labute approximate surface area is 167 Å². The molecule has 2 aromatic heterocycles. The molecule has 2 heterocycles. The van der Waals surface area contributed by atoms with Crippen LogP contribution in [0.2, 0.25) is 0 Å². The van der Waals surface area contributed by atoms with Gasteiger partial charge in [0.25, 0.3) is 0 Å². The monoisotopic (exact) mass is 422 g/mol. The molecule has 0 atom stereocenters. The van der Waals surface area contributed by atoms with Crippen molar-refractivity contribution in [3.63, 3.8) is 0 Å². The van der Waals surface area contributed by atoms with Crippen LogP contribution in [-0.2, 0) is 4.79 Å². The Morgan fingerprint density at radius 1 is 1.14 bits per heavy atom. The molecule has 4 nitrogen and oxygen atoms in total. The second kappa shape index (κ2) is 9.30. The molecule has 1 N–H and O–H groups in total. The van der Waals surface area contributed by atoms with E-state index >= 15 is 0 Å². The molecule has 0 saturated carbocycles. The number of carboxylic acid groups (broad SMARTS) is 1. The van der Waals surface area contributed by atoms with Crippen LogP contribution in [-0.4, -0.2) is 27.2 Å². The van der Waals surface area contributed by atoms with Crippen molar-refractivity contribution in [2.45, 2.75) is 20.0 Å². The molecule has 9 heteroatoms. The summed E-state index contributed by atoms with van der Waals surface area (Å²) >= 11 is 1.58. The van der Waals surface area contributed by atoms with Gasteiger partial charge in [-0.1, -0.05) is 12.0 Å². The van der Waals surface area contributed by atoms with E-state index in [4.69, 9.17) is 9.90 Å². The fraction of sp³-hybridized carbons (Fsp3) is 0.150. The lowest BCUT2D eigenvalue weighted by molar-refractivity contribution is -0.192. The number of aromatic nitrogens is 2. The third-order valence-corrected chi connectivity index (χ3v) is 4.21. The van der Waals surface area contributed by atoms with Crippen LogP contribution < -0.4 is 0 Å². The predicted octanol–water partition coefficient (Wildman–Crippen LogP) is 4.99. The van der Waals surface area contributed by atoms with Gasteiger partial charge in [0.1, 0.15) is 11.5 Å². The largest absolute Gasteiger partial charge is 0.490 e. The number of carboxylic acids is 1. The van der Waals surface area contributed by atoms with Gasteiger partial charge in [-0.05, 0) is 49.6 Å². The number of rotatable bonds is 1. The van der Waals surface area contributed by atoms with E-state index in [0.717, 1.165) is 33.1 Å². The van der Waals surface area contributed by atoms with Crippen LogP contribution in [0.4, 0.5) is 17.6 Å². The first kappa shape index (κ1) is 22.0. The van der Waals surface area contributed by atoms with Gasteiger partial charge in [-0.25, -0.2) is 14.2 Å². The third kappa shape index (κ3) is 6.69. The van der Waals surface area contributed by atoms with Gasteiger partial charge in [0.2, 0.25) is 0 Å². The van der Waals surface area contributed by atoms with E-state index in [9.17, 15) is 17.6 Å². The Kier molecular flexibility index (Phi) is 7.07. The minimum atomic E-state index is -5.08. The molecule has 0 radical (unpaired) electrons. The van der Waals surface area contributed by atoms with Crippen LogP contribution in [0.25, 0.3) is 11.3 Å². The predicted molar refractivity (Wildman–Crippen MR) is 101 cm³/mol. The molecule has 0 saturated heterocycles. The zero-order chi connectivity index (χ0) is 21.6. The number of carbonyl (C=O) groups is 1. The lowest BCUT2D eigenvalue weighted by Gasteiger charge is -2.05. The summed E-state index contributed by atoms with van der Waals surface area (Å²) in [6.45, 7) is 3.89. The van der Waals surface area contributed by atoms with Crippen LogP contribution >= 0.6 is 11.3 Å². The molecule has 29 heavy (non-hydrogen) atoms. The number of alkyl halides is 3. The molecular weight excluding hydrogens is 408 g/mol. The highest BCUT2D eigenvalue weighted by atomic mass is 32.1. The summed E-state index contributed by atoms with van der Waals surface area (Å²) in [6, 6.07) is 8.46. The number of hydrogen-bond acceptors (Lipinski definition) is 4. The fourth-order valence-electron chi connectivity index (χ4n) is 2.05. The number of pyridine rings is 1. The van der Waals surface area contributed by atoms with Crippen molar-refractivity contribution < 1.29 is 27.5 Å². The van der Waals surface area contributed by atoms with E-state index in [1.54, 1.807) is 23.6 Å². The van der Waals surface area contributed by atoms with E-state index in [2.05, 4.69) is 21.8 Å². The van der Waals surface area contributed by atoms with Crippen molar-refractivity contribution in [2.75, 3.05) is 0 Å². The van der Waals surface area contributed by atoms with Crippen molar-refractivity contribution in [3.05, 3.63) is 69.6 Å². The van der Waals surface area contributed by atoms with Crippen LogP contribution in [0.15, 0.2) is 41.9 Å². The summed E-state index contributed by atoms with van der Waals surface area (Å²) < 4.78 is 45.1. The molecule has 0 aliphatic heterocycles. The summed E-state index contributed by atoms with van der Waals surface area (Å²) in [7, 11) is 0. The Hall–Kier alpha value is -3.25. The number of aliphatic carboxylic acids is 1. The van der Waals surface area contributed by atoms with Gasteiger partial charge in [0.05, 0.1) is 10.7 Å². The zero-order valence-electron chi connectivity index (χ0n) is 15.2. The third-order valence-electron chi connectivity index (χ3n) is 3.44. The fourth-order valence-corrected chi connectivity index (χ4v) is 2.60. The molecule has 0 amide bonds. The lowest BCUT2D eigenvalue weighted by Crippen LogP contribution is -2.21. The number of thiazole rings is 1. The number of aryl methyl sites for hydroxylation is 2. The molecule has 0 spiro atoms. The first-order chi connectivity index (χ1) is 13.6. The van der Waals surface area contributed by atoms with Crippen molar-refractivity contribution >= 4 is 17.3 Å². The number of nitrogens with zero attached hydrogens (tertiary/aromatic N) is 2. The van der Waals surface area contributed by atoms with E-state index in [1.165, 1.54) is 12.1 Å². The van der Waals surface area contributed by atoms with Crippen LogP contribution in [0, 0.1) is 31.5 Å². The molecule has 0 fully saturated rings. The average Bonchev–Trinajstić information content (AvgIpc) is 3.07. The molecule has 0 bridgehead atoms. The summed E-state index contributed by atoms with van der Waals surface area (Å²) in [6.07, 6.45) is -3.38. The van der Waals surface area contributed by atoms with Gasteiger partial charge in [-0.15, -0.1) is 11.3 Å². The maximum absolute atomic E-state index is 13.4. The number of benzene rings is 1. The second-order valence-corrected chi connectivity index (χ2v) is 6.76. The van der Waals surface area contributed by atoms with Crippen molar-refractivity contribution in [2.24, 2.45) is 0 Å². The summed E-state index contributed by atoms with van der Waals surface area (Å²) in [5.74, 6) is 3.03. The average molecular weight is 422 g/mol. The smallest absolute Gasteiger partial charge is 0.475 e. The SMILES string of the molecule is Cc1nc(C#Cc2ccc(-c3cc(F)ccc3C)nc2)cs1.O=C(O)C(F)(F)F. The van der Waals surface area contributed by atoms with E-state index in [1.807, 2.05) is 31.4 Å². The maximum atomic E-state index is 13.4. The standard InChI is InChI=1S/C18H13FN2S.C2HF3O2/c1-12-3-6-15(19)9-17(12)18-8-5-14(10-20-18)4-7-16-11-22-13(2)21-16;3-2(4,5)1(6)7/h3,5-6,8-11H,1-2H3;(H,6,7). The lowest BCUT2D eigenvalue weighted by atomic mass is 10.0. The molecule has 0 unspecified atom stereocenters. The van der Waals surface area contributed by atoms with E-state index in [0.29, 0.717) is 0 Å². The molecule has 0 aliphatic rings. The van der Waals surface area contributed by atoms with Crippen LogP contribution in [0.1, 0.15) is 21.8 Å². The van der Waals surface area contributed by atoms with Crippen LogP contribution in [0.3, 0.4) is 0 Å². The normalized spacial score (nSPS) is 10.4. The first-order valence-electron chi connectivity index (χ1n) is 8.03. The topological polar surface area (TPSA) is 63.1 Å². The van der Waals surface area contributed by atoms with Gasteiger partial charge in [0, 0.05) is 22.7 Å². The van der Waals surface area contributed by atoms with Crippen molar-refractivity contribution in [3.8, 4) is 23.1 Å². The summed E-state index contributed by atoms with van der Waals surface area (Å²) in [5, 5.41) is 10.1. The minimum absolute atomic E-state index is 0.259. The van der Waals surface area contributed by atoms with Gasteiger partial charge in [-0.3, -0.25) is 4.98 Å². The molecule has 150 valence electrons. The van der Waals surface area contributed by atoms with Crippen molar-refractivity contribution in [1.29, 1.82) is 0 Å². The second-order valence-electron chi connectivity index (χ2n) is 5.70. The highest BCUT2D eigenvalue weighted by Crippen LogP contribution is 2.22. The number of halogens is 4. The van der Waals surface area contributed by atoms with Gasteiger partial charge >= 0.3 is 12.1 Å². The quantitative estimate of drug-likeness (QED) is 0.443. The molecule has 0 aliphatic carbocycles. The first-order valence-corrected chi connectivity index (χ1v) is 8.91. The molecule has 3 rings (SSSR count). The molecule has 1 aromatic carbocycles. The Balaban J connectivity index is 0.000000370. The number of hydrogen-bond donors (Lipinski definition) is 1. The van der Waals surface area contributed by atoms with Gasteiger partial charge in [-0.2, -0.15) is 13.2 Å². The highest BCUT2D eigenvalue weighted by Gasteiger charge is 2.38. The zero-order valence-corrected chi connectivity index (χ0v) is 16.0. The van der Waals surface area contributed by atoms with Crippen LogP contribution in [0.5, 0.6) is 0 Å². The molecule has 3 aromatic rings. The van der Waals surface area contributed by atoms with E-state index < -0.39 is 12.1 Å². The maximum Gasteiger partial charge on any atom is 0.490 e. The summed E-state index contributed by atoms with van der Waals surface area (Å²) in [5.41, 5.74) is 4.11. The Morgan fingerprint density at radius 3 is 2.34 bits per heavy atom. The van der Waals surface area contributed by atoms with Gasteiger partial charge < -0.3 is 5.11 Å². The van der Waals surface area contributed by atoms with Crippen molar-refractivity contribution in [1.82, 2.24) is 9.97 Å². The highest BCUT2D eigenvalue weighted by molar-refractivity contribution is 7.09. The summed E-state index contributed by atoms with van der Waals surface area (Å²) in [4.78, 5) is 17.6. The Morgan fingerprint density at radius 2 is 1.83 bits per heavy atom. The minimum Gasteiger partial charge on any atom is -0.475 e. The van der Waals surface area contributed by atoms with Gasteiger partial charge in [0.15, 0.2) is 0 Å². The molecular formula is C20H14F4N2O2S. The van der Waals surface area contributed by atoms with E-state index in [-0.39, 0.29) is 5.82 Å².